The Kier molecular flexibility index (Phi) is 7.12. The third kappa shape index (κ3) is 5.94. The first kappa shape index (κ1) is 21.6. The van der Waals surface area contributed by atoms with Crippen LogP contribution in [-0.2, 0) is 22.6 Å². The van der Waals surface area contributed by atoms with E-state index < -0.39 is 0 Å². The number of nitrogens with one attached hydrogen (secondary N) is 1. The van der Waals surface area contributed by atoms with E-state index in [2.05, 4.69) is 10.3 Å². The van der Waals surface area contributed by atoms with Gasteiger partial charge in [0, 0.05) is 19.2 Å². The van der Waals surface area contributed by atoms with Crippen molar-refractivity contribution in [1.82, 2.24) is 9.88 Å². The van der Waals surface area contributed by atoms with Crippen LogP contribution >= 0.6 is 0 Å². The van der Waals surface area contributed by atoms with E-state index >= 15 is 0 Å². The molecule has 1 N–H and O–H groups in total. The second kappa shape index (κ2) is 10.6. The molecule has 1 fully saturated rings. The molecule has 2 heterocycles. The number of piperidine rings is 1. The second-order valence-corrected chi connectivity index (χ2v) is 7.99. The van der Waals surface area contributed by atoms with Crippen molar-refractivity contribution >= 4 is 17.5 Å². The summed E-state index contributed by atoms with van der Waals surface area (Å²) in [6.45, 7) is 1.59. The van der Waals surface area contributed by atoms with E-state index in [4.69, 9.17) is 4.74 Å². The van der Waals surface area contributed by atoms with Gasteiger partial charge in [-0.05, 0) is 30.0 Å². The molecule has 0 bridgehead atoms. The number of pyridine rings is 1. The number of ether oxygens (including phenoxy) is 1. The molecule has 6 nitrogen and oxygen atoms in total. The number of benzene rings is 2. The Bertz CT molecular complexity index is 1020. The molecular formula is C26H27N3O3. The summed E-state index contributed by atoms with van der Waals surface area (Å²) in [4.78, 5) is 31.5. The van der Waals surface area contributed by atoms with Gasteiger partial charge < -0.3 is 15.0 Å². The van der Waals surface area contributed by atoms with Crippen LogP contribution in [0, 0.1) is 5.92 Å². The number of carbonyl (C=O) groups is 2. The largest absolute Gasteiger partial charge is 0.473 e. The summed E-state index contributed by atoms with van der Waals surface area (Å²) in [6, 6.07) is 23.1. The molecule has 2 amide bonds. The van der Waals surface area contributed by atoms with Gasteiger partial charge in [0.25, 0.3) is 0 Å². The van der Waals surface area contributed by atoms with Crippen LogP contribution in [0.3, 0.4) is 0 Å². The Morgan fingerprint density at radius 1 is 0.969 bits per heavy atom. The summed E-state index contributed by atoms with van der Waals surface area (Å²) >= 11 is 0. The smallest absolute Gasteiger partial charge is 0.229 e. The molecule has 1 aliphatic heterocycles. The molecule has 32 heavy (non-hydrogen) atoms. The fraction of sp³-hybridized carbons (Fsp3) is 0.269. The van der Waals surface area contributed by atoms with Gasteiger partial charge in [-0.25, -0.2) is 4.98 Å². The molecule has 0 saturated carbocycles. The van der Waals surface area contributed by atoms with Crippen molar-refractivity contribution in [3.8, 4) is 5.88 Å². The highest BCUT2D eigenvalue weighted by molar-refractivity contribution is 5.93. The highest BCUT2D eigenvalue weighted by Crippen LogP contribution is 2.20. The van der Waals surface area contributed by atoms with E-state index in [1.807, 2.05) is 60.7 Å². The van der Waals surface area contributed by atoms with E-state index in [1.54, 1.807) is 23.2 Å². The van der Waals surface area contributed by atoms with Crippen LogP contribution in [0.2, 0.25) is 0 Å². The Morgan fingerprint density at radius 3 is 2.38 bits per heavy atom. The first-order valence-electron chi connectivity index (χ1n) is 10.9. The number of hydrogen-bond donors (Lipinski definition) is 1. The number of amides is 2. The fourth-order valence-corrected chi connectivity index (χ4v) is 3.82. The first-order valence-corrected chi connectivity index (χ1v) is 10.9. The standard InChI is InChI=1S/C26H27N3O3/c30-25(16-20-8-3-1-4-9-20)29-15-7-12-22(18-29)26(31)28-23-13-14-24(27-17-23)32-19-21-10-5-2-6-11-21/h1-6,8-11,13-14,17,22H,7,12,15-16,18-19H2,(H,28,31). The second-order valence-electron chi connectivity index (χ2n) is 7.99. The van der Waals surface area contributed by atoms with E-state index in [0.29, 0.717) is 37.7 Å². The first-order chi connectivity index (χ1) is 15.7. The van der Waals surface area contributed by atoms with Gasteiger partial charge in [0.1, 0.15) is 6.61 Å². The number of carbonyl (C=O) groups excluding carboxylic acids is 2. The lowest BCUT2D eigenvalue weighted by Crippen LogP contribution is -2.44. The lowest BCUT2D eigenvalue weighted by Gasteiger charge is -2.32. The van der Waals surface area contributed by atoms with E-state index in [1.165, 1.54) is 0 Å². The zero-order valence-corrected chi connectivity index (χ0v) is 17.9. The average molecular weight is 430 g/mol. The van der Waals surface area contributed by atoms with Crippen molar-refractivity contribution in [3.05, 3.63) is 90.1 Å². The van der Waals surface area contributed by atoms with Crippen LogP contribution in [0.15, 0.2) is 79.0 Å². The minimum Gasteiger partial charge on any atom is -0.473 e. The predicted octanol–water partition coefficient (Wildman–Crippen LogP) is 4.08. The molecule has 1 aromatic heterocycles. The fourth-order valence-electron chi connectivity index (χ4n) is 3.82. The molecule has 1 unspecified atom stereocenters. The minimum atomic E-state index is -0.225. The lowest BCUT2D eigenvalue weighted by atomic mass is 9.96. The maximum Gasteiger partial charge on any atom is 0.229 e. The van der Waals surface area contributed by atoms with Gasteiger partial charge in [0.05, 0.1) is 24.2 Å². The van der Waals surface area contributed by atoms with Crippen LogP contribution in [-0.4, -0.2) is 34.8 Å². The summed E-state index contributed by atoms with van der Waals surface area (Å²) in [6.07, 6.45) is 3.55. The summed E-state index contributed by atoms with van der Waals surface area (Å²) in [7, 11) is 0. The normalized spacial score (nSPS) is 15.8. The lowest BCUT2D eigenvalue weighted by molar-refractivity contribution is -0.133. The maximum atomic E-state index is 12.8. The van der Waals surface area contributed by atoms with Crippen LogP contribution in [0.25, 0.3) is 0 Å². The van der Waals surface area contributed by atoms with E-state index in [-0.39, 0.29) is 17.7 Å². The molecule has 0 spiro atoms. The van der Waals surface area contributed by atoms with Gasteiger partial charge >= 0.3 is 0 Å². The molecule has 3 aromatic rings. The number of aromatic nitrogens is 1. The summed E-state index contributed by atoms with van der Waals surface area (Å²) in [5, 5.41) is 2.93. The number of rotatable bonds is 7. The van der Waals surface area contributed by atoms with E-state index in [0.717, 1.165) is 24.0 Å². The Balaban J connectivity index is 1.28. The zero-order valence-electron chi connectivity index (χ0n) is 17.9. The summed E-state index contributed by atoms with van der Waals surface area (Å²) < 4.78 is 5.69. The van der Waals surface area contributed by atoms with Crippen LogP contribution < -0.4 is 10.1 Å². The van der Waals surface area contributed by atoms with Crippen molar-refractivity contribution in [2.24, 2.45) is 5.92 Å². The van der Waals surface area contributed by atoms with Crippen molar-refractivity contribution in [3.63, 3.8) is 0 Å². The molecule has 1 aliphatic rings. The molecule has 4 rings (SSSR count). The summed E-state index contributed by atoms with van der Waals surface area (Å²) in [5.74, 6) is 0.261. The molecule has 6 heteroatoms. The van der Waals surface area contributed by atoms with Gasteiger partial charge in [-0.3, -0.25) is 9.59 Å². The topological polar surface area (TPSA) is 71.5 Å². The molecule has 0 aliphatic carbocycles. The van der Waals surface area contributed by atoms with Crippen LogP contribution in [0.1, 0.15) is 24.0 Å². The number of nitrogens with zero attached hydrogens (tertiary/aromatic N) is 2. The predicted molar refractivity (Wildman–Crippen MR) is 123 cm³/mol. The van der Waals surface area contributed by atoms with Crippen molar-refractivity contribution in [2.45, 2.75) is 25.9 Å². The van der Waals surface area contributed by atoms with Gasteiger partial charge in [-0.1, -0.05) is 60.7 Å². The highest BCUT2D eigenvalue weighted by atomic mass is 16.5. The maximum absolute atomic E-state index is 12.8. The SMILES string of the molecule is O=C(Nc1ccc(OCc2ccccc2)nc1)C1CCCN(C(=O)Cc2ccccc2)C1. The Hall–Kier alpha value is -3.67. The molecule has 1 saturated heterocycles. The number of anilines is 1. The minimum absolute atomic E-state index is 0.0651. The van der Waals surface area contributed by atoms with E-state index in [9.17, 15) is 9.59 Å². The Labute approximate surface area is 188 Å². The monoisotopic (exact) mass is 429 g/mol. The van der Waals surface area contributed by atoms with Gasteiger partial charge in [-0.15, -0.1) is 0 Å². The zero-order chi connectivity index (χ0) is 22.2. The van der Waals surface area contributed by atoms with Gasteiger partial charge in [0.15, 0.2) is 0 Å². The molecular weight excluding hydrogens is 402 g/mol. The van der Waals surface area contributed by atoms with Crippen LogP contribution in [0.5, 0.6) is 5.88 Å². The molecule has 0 radical (unpaired) electrons. The van der Waals surface area contributed by atoms with Gasteiger partial charge in [-0.2, -0.15) is 0 Å². The van der Waals surface area contributed by atoms with Crippen LogP contribution in [0.4, 0.5) is 5.69 Å². The number of likely N-dealkylation sites (tertiary alicyclic amines) is 1. The molecule has 164 valence electrons. The quantitative estimate of drug-likeness (QED) is 0.614. The third-order valence-corrected chi connectivity index (χ3v) is 5.58. The average Bonchev–Trinajstić information content (AvgIpc) is 2.85. The molecule has 2 aromatic carbocycles. The number of hydrogen-bond acceptors (Lipinski definition) is 4. The summed E-state index contributed by atoms with van der Waals surface area (Å²) in [5.41, 5.74) is 2.68. The third-order valence-electron chi connectivity index (χ3n) is 5.58. The van der Waals surface area contributed by atoms with Gasteiger partial charge in [0.2, 0.25) is 17.7 Å². The van der Waals surface area contributed by atoms with Crippen molar-refractivity contribution in [1.29, 1.82) is 0 Å². The highest BCUT2D eigenvalue weighted by Gasteiger charge is 2.28. The van der Waals surface area contributed by atoms with Crippen molar-refractivity contribution in [2.75, 3.05) is 18.4 Å². The molecule has 1 atom stereocenters. The Morgan fingerprint density at radius 2 is 1.69 bits per heavy atom. The van der Waals surface area contributed by atoms with Crippen molar-refractivity contribution < 1.29 is 14.3 Å².